The molecule has 4 aliphatic rings. The number of methoxy groups -OCH3 is 1. The average Bonchev–Trinajstić information content (AvgIpc) is 4.08. The monoisotopic (exact) mass is 849 g/mol. The van der Waals surface area contributed by atoms with E-state index in [1.807, 2.05) is 49.6 Å². The molecular weight excluding hydrogens is 795 g/mol. The molecule has 2 saturated carbocycles. The highest BCUT2D eigenvalue weighted by atomic mass is 32.2. The number of aryl methyl sites for hydroxylation is 1. The van der Waals surface area contributed by atoms with Crippen molar-refractivity contribution in [2.45, 2.75) is 120 Å². The first-order valence-corrected chi connectivity index (χ1v) is 23.1. The van der Waals surface area contributed by atoms with Crippen molar-refractivity contribution >= 4 is 56.0 Å². The van der Waals surface area contributed by atoms with Crippen molar-refractivity contribution in [3.8, 4) is 22.2 Å². The van der Waals surface area contributed by atoms with Crippen LogP contribution < -0.4 is 24.8 Å². The summed E-state index contributed by atoms with van der Waals surface area (Å²) in [6, 6.07) is 3.12. The predicted molar refractivity (Wildman–Crippen MR) is 225 cm³/mol. The molecule has 0 unspecified atom stereocenters. The lowest BCUT2D eigenvalue weighted by molar-refractivity contribution is -0.141. The Bertz CT molecular complexity index is 2260. The first-order valence-electron chi connectivity index (χ1n) is 20.6. The van der Waals surface area contributed by atoms with Crippen molar-refractivity contribution in [3.63, 3.8) is 0 Å². The Morgan fingerprint density at radius 3 is 2.59 bits per heavy atom. The van der Waals surface area contributed by atoms with Crippen LogP contribution in [0.5, 0.6) is 11.5 Å². The van der Waals surface area contributed by atoms with Crippen LogP contribution in [0.1, 0.15) is 95.7 Å². The van der Waals surface area contributed by atoms with Crippen LogP contribution in [-0.4, -0.2) is 108 Å². The van der Waals surface area contributed by atoms with E-state index in [4.69, 9.17) is 19.4 Å². The number of nitrogens with zero attached hydrogens (tertiary/aromatic N) is 4. The highest BCUT2D eigenvalue weighted by Crippen LogP contribution is 2.46. The molecule has 5 atom stereocenters. The van der Waals surface area contributed by atoms with Crippen LogP contribution in [0, 0.1) is 12.8 Å². The van der Waals surface area contributed by atoms with Gasteiger partial charge in [-0.3, -0.25) is 19.1 Å². The second kappa shape index (κ2) is 17.1. The fraction of sp³-hybridized carbons (Fsp3) is 0.571. The van der Waals surface area contributed by atoms with Gasteiger partial charge in [0, 0.05) is 48.3 Å². The Balaban J connectivity index is 1.25. The molecule has 0 bridgehead atoms. The molecule has 15 nitrogen and oxygen atoms in total. The minimum atomic E-state index is -3.90. The number of carbonyl (C=O) groups excluding carboxylic acids is 4. The van der Waals surface area contributed by atoms with E-state index in [1.54, 1.807) is 14.2 Å². The molecule has 7 rings (SSSR count). The van der Waals surface area contributed by atoms with Crippen molar-refractivity contribution in [1.29, 1.82) is 0 Å². The Kier molecular flexibility index (Phi) is 12.3. The number of thiazole rings is 1. The topological polar surface area (TPSA) is 189 Å². The highest BCUT2D eigenvalue weighted by Gasteiger charge is 2.62. The molecule has 0 spiro atoms. The van der Waals surface area contributed by atoms with Gasteiger partial charge in [-0.1, -0.05) is 38.8 Å². The number of fused-ring (bicyclic) bond motifs is 3. The van der Waals surface area contributed by atoms with Crippen LogP contribution in [-0.2, 0) is 24.4 Å². The summed E-state index contributed by atoms with van der Waals surface area (Å²) in [6.07, 6.45) is 7.70. The zero-order valence-corrected chi connectivity index (χ0v) is 36.2. The maximum Gasteiger partial charge on any atom is 0.317 e. The number of nitrogens with one attached hydrogen (secondary N) is 3. The lowest BCUT2D eigenvalue weighted by Gasteiger charge is -2.30. The Morgan fingerprint density at radius 2 is 1.90 bits per heavy atom. The van der Waals surface area contributed by atoms with Crippen molar-refractivity contribution in [2.24, 2.45) is 5.92 Å². The summed E-state index contributed by atoms with van der Waals surface area (Å²) in [6.45, 7) is 8.35. The van der Waals surface area contributed by atoms with Gasteiger partial charge in [-0.2, -0.15) is 0 Å². The molecular formula is C42H55N7O8S2. The second-order valence-corrected chi connectivity index (χ2v) is 19.4. The molecule has 3 aromatic rings. The summed E-state index contributed by atoms with van der Waals surface area (Å²) in [5, 5.41) is 8.65. The standard InChI is InChI=1S/C42H55N7O8S2/c1-7-48(5)41(53)45-30-14-12-10-8-9-11-13-26-21-42(26,40(52)47-59(54,55)28-15-16-28)46-37(50)33-19-27(22-49(33)39(30)51)57-35-20-31(38-44-32(23-58-38)24(2)3)43-36-25(4)34(56-6)18-17-29(35)36/h11,13,17-18,20,23-24,26-28,30,33H,7-10,12,14-16,19,21-22H2,1-6H3,(H,45,53)(H,46,50)(H,47,52)/b13-11-/t26-,27-,30+,33+,42-/m1/s1. The fourth-order valence-corrected chi connectivity index (χ4v) is 10.2. The van der Waals surface area contributed by atoms with Gasteiger partial charge < -0.3 is 29.9 Å². The molecule has 318 valence electrons. The summed E-state index contributed by atoms with van der Waals surface area (Å²) >= 11 is 1.48. The lowest BCUT2D eigenvalue weighted by Crippen LogP contribution is -2.58. The van der Waals surface area contributed by atoms with Crippen LogP contribution in [0.15, 0.2) is 35.7 Å². The van der Waals surface area contributed by atoms with Gasteiger partial charge in [0.25, 0.3) is 5.91 Å². The number of hydrogen-bond acceptors (Lipinski definition) is 11. The van der Waals surface area contributed by atoms with E-state index in [1.165, 1.54) is 21.1 Å². The van der Waals surface area contributed by atoms with Crippen molar-refractivity contribution < 1.29 is 37.1 Å². The van der Waals surface area contributed by atoms with Crippen LogP contribution in [0.2, 0.25) is 0 Å². The number of benzene rings is 1. The fourth-order valence-electron chi connectivity index (χ4n) is 7.91. The number of amides is 5. The third kappa shape index (κ3) is 8.91. The first kappa shape index (κ1) is 42.4. The number of hydrogen-bond donors (Lipinski definition) is 3. The van der Waals surface area contributed by atoms with E-state index in [2.05, 4.69) is 29.2 Å². The Morgan fingerprint density at radius 1 is 1.12 bits per heavy atom. The maximum atomic E-state index is 14.7. The summed E-state index contributed by atoms with van der Waals surface area (Å²) < 4.78 is 40.6. The van der Waals surface area contributed by atoms with Crippen molar-refractivity contribution in [3.05, 3.63) is 47.0 Å². The third-order valence-electron chi connectivity index (χ3n) is 12.0. The van der Waals surface area contributed by atoms with Gasteiger partial charge in [0.15, 0.2) is 0 Å². The second-order valence-electron chi connectivity index (χ2n) is 16.5. The van der Waals surface area contributed by atoms with E-state index in [0.717, 1.165) is 24.1 Å². The largest absolute Gasteiger partial charge is 0.496 e. The zero-order chi connectivity index (χ0) is 42.2. The minimum absolute atomic E-state index is 0.00846. The summed E-state index contributed by atoms with van der Waals surface area (Å²) in [5.74, 6) is -0.884. The van der Waals surface area contributed by atoms with Crippen LogP contribution in [0.4, 0.5) is 4.79 Å². The molecule has 2 aromatic heterocycles. The molecule has 2 aliphatic carbocycles. The Labute approximate surface area is 349 Å². The van der Waals surface area contributed by atoms with Gasteiger partial charge in [-0.05, 0) is 70.4 Å². The third-order valence-corrected chi connectivity index (χ3v) is 14.7. The predicted octanol–water partition coefficient (Wildman–Crippen LogP) is 5.18. The van der Waals surface area contributed by atoms with E-state index in [-0.39, 0.29) is 25.3 Å². The zero-order valence-electron chi connectivity index (χ0n) is 34.6. The van der Waals surface area contributed by atoms with Crippen molar-refractivity contribution in [2.75, 3.05) is 27.2 Å². The minimum Gasteiger partial charge on any atom is -0.496 e. The van der Waals surface area contributed by atoms with E-state index in [9.17, 15) is 27.6 Å². The first-order chi connectivity index (χ1) is 28.1. The molecule has 1 saturated heterocycles. The van der Waals surface area contributed by atoms with Gasteiger partial charge in [0.05, 0.1) is 30.1 Å². The molecule has 4 heterocycles. The molecule has 3 N–H and O–H groups in total. The van der Waals surface area contributed by atoms with Crippen LogP contribution >= 0.6 is 11.3 Å². The molecule has 1 aromatic carbocycles. The van der Waals surface area contributed by atoms with Gasteiger partial charge in [0.1, 0.15) is 45.9 Å². The number of urea groups is 1. The molecule has 5 amide bonds. The van der Waals surface area contributed by atoms with Gasteiger partial charge in [0.2, 0.25) is 21.8 Å². The number of aromatic nitrogens is 2. The quantitative estimate of drug-likeness (QED) is 0.230. The number of sulfonamides is 1. The van der Waals surface area contributed by atoms with Gasteiger partial charge >= 0.3 is 6.03 Å². The Hall–Kier alpha value is -4.77. The molecule has 59 heavy (non-hydrogen) atoms. The number of carbonyl (C=O) groups is 4. The number of ether oxygens (including phenoxy) is 2. The summed E-state index contributed by atoms with van der Waals surface area (Å²) in [4.78, 5) is 69.2. The van der Waals surface area contributed by atoms with Gasteiger partial charge in [-0.25, -0.2) is 23.2 Å². The molecule has 3 fully saturated rings. The average molecular weight is 850 g/mol. The lowest BCUT2D eigenvalue weighted by atomic mass is 10.0. The SMILES string of the molecule is CCN(C)C(=O)N[C@H]1CCCCC/C=C\[C@@H]2C[C@@]2(C(=O)NS(=O)(=O)C2CC2)NC(=O)[C@@H]2C[C@@H](Oc3cc(-c4nc(C(C)C)cs4)nc4c(C)c(OC)ccc34)CN2C1=O. The smallest absolute Gasteiger partial charge is 0.317 e. The number of rotatable bonds is 10. The highest BCUT2D eigenvalue weighted by molar-refractivity contribution is 7.91. The van der Waals surface area contributed by atoms with Gasteiger partial charge in [-0.15, -0.1) is 11.3 Å². The van der Waals surface area contributed by atoms with Crippen LogP contribution in [0.25, 0.3) is 21.6 Å². The normalized spacial score (nSPS) is 25.6. The maximum absolute atomic E-state index is 14.7. The van der Waals surface area contributed by atoms with Crippen molar-refractivity contribution in [1.82, 2.24) is 35.1 Å². The van der Waals surface area contributed by atoms with Crippen LogP contribution in [0.3, 0.4) is 0 Å². The van der Waals surface area contributed by atoms with E-state index < -0.39 is 68.7 Å². The van der Waals surface area contributed by atoms with E-state index in [0.29, 0.717) is 71.8 Å². The molecule has 2 aliphatic heterocycles. The molecule has 17 heteroatoms. The summed E-state index contributed by atoms with van der Waals surface area (Å²) in [5.41, 5.74) is 1.51. The molecule has 0 radical (unpaired) electrons. The number of allylic oxidation sites excluding steroid dienone is 1. The number of pyridine rings is 1. The van der Waals surface area contributed by atoms with E-state index >= 15 is 0 Å². The summed E-state index contributed by atoms with van der Waals surface area (Å²) in [7, 11) is -0.654.